The number of halogens is 3. The predicted octanol–water partition coefficient (Wildman–Crippen LogP) is 9.32. The van der Waals surface area contributed by atoms with Gasteiger partial charge in [-0.15, -0.1) is 24.0 Å². The Kier molecular flexibility index (Phi) is 12.8. The Balaban J connectivity index is 0.000000159. The molecule has 4 fully saturated rings. The second-order valence-electron chi connectivity index (χ2n) is 23.7. The van der Waals surface area contributed by atoms with Crippen LogP contribution in [0.15, 0.2) is 48.6 Å². The van der Waals surface area contributed by atoms with Crippen molar-refractivity contribution in [2.24, 2.45) is 33.5 Å². The van der Waals surface area contributed by atoms with Gasteiger partial charge in [0.2, 0.25) is 0 Å². The normalized spacial score (nSPS) is 39.9. The van der Waals surface area contributed by atoms with Crippen LogP contribution in [-0.2, 0) is 42.6 Å². The molecule has 15 heteroatoms. The molecular weight excluding hydrogens is 1240 g/mol. The van der Waals surface area contributed by atoms with Gasteiger partial charge >= 0.3 is 49.4 Å². The van der Waals surface area contributed by atoms with Gasteiger partial charge in [-0.3, -0.25) is 0 Å². The molecule has 8 aliphatic carbocycles. The number of hydrogen-bond donors (Lipinski definition) is 3. The first-order valence-corrected chi connectivity index (χ1v) is 33.1. The number of hydrogen-bond acceptors (Lipinski definition) is 11. The van der Waals surface area contributed by atoms with Crippen molar-refractivity contribution in [2.75, 3.05) is 41.5 Å². The van der Waals surface area contributed by atoms with E-state index in [1.54, 1.807) is 28.4 Å². The van der Waals surface area contributed by atoms with Crippen LogP contribution < -0.4 is 24.3 Å². The molecule has 0 radical (unpaired) electrons. The number of likely N-dealkylation sites (tertiary alicyclic amines) is 1. The van der Waals surface area contributed by atoms with Crippen molar-refractivity contribution in [3.05, 3.63) is 70.8 Å². The molecule has 68 heavy (non-hydrogen) atoms. The molecule has 0 amide bonds. The van der Waals surface area contributed by atoms with Gasteiger partial charge in [-0.1, -0.05) is 78.0 Å². The molecule has 2 saturated carbocycles. The van der Waals surface area contributed by atoms with Crippen molar-refractivity contribution in [1.29, 1.82) is 5.26 Å². The maximum atomic E-state index is 12.1. The van der Waals surface area contributed by atoms with E-state index in [2.05, 4.69) is 129 Å². The number of rotatable bonds is 6. The maximum absolute atomic E-state index is 12.1. The van der Waals surface area contributed by atoms with E-state index in [0.717, 1.165) is 68.1 Å². The minimum absolute atomic E-state index is 0. The number of nitrogens with zero attached hydrogens (tertiary/aromatic N) is 2. The summed E-state index contributed by atoms with van der Waals surface area (Å²) in [6.45, 7) is 18.3. The quantitative estimate of drug-likeness (QED) is 0.145. The number of aliphatic hydroxyl groups is 2. The fraction of sp³-hybridized carbons (Fsp3) is 0.679. The van der Waals surface area contributed by atoms with E-state index in [4.69, 9.17) is 28.4 Å². The first-order chi connectivity index (χ1) is 31.5. The van der Waals surface area contributed by atoms with E-state index in [-0.39, 0.29) is 86.6 Å². The van der Waals surface area contributed by atoms with Crippen molar-refractivity contribution in [3.8, 4) is 29.2 Å². The number of fused-ring (bicyclic) bond motifs is 2. The number of piperidine rings is 2. The molecule has 3 N–H and O–H groups in total. The van der Waals surface area contributed by atoms with E-state index < -0.39 is 22.4 Å². The molecule has 2 aromatic rings. The van der Waals surface area contributed by atoms with Gasteiger partial charge in [-0.25, -0.2) is 0 Å². The van der Waals surface area contributed by atoms with Crippen LogP contribution in [0.2, 0.25) is 0 Å². The van der Waals surface area contributed by atoms with Crippen LogP contribution in [0, 0.1) is 45.0 Å². The molecule has 4 spiro atoms. The monoisotopic (exact) mass is 1310 g/mol. The Hall–Kier alpha value is -1.02. The summed E-state index contributed by atoms with van der Waals surface area (Å²) in [4.78, 5) is 1.98. The van der Waals surface area contributed by atoms with Crippen molar-refractivity contribution in [1.82, 2.24) is 10.2 Å². The summed E-state index contributed by atoms with van der Waals surface area (Å²) in [5.41, 5.74) is 0.211. The first kappa shape index (κ1) is 51.9. The molecule has 371 valence electrons. The van der Waals surface area contributed by atoms with E-state index in [1.807, 2.05) is 30.9 Å². The van der Waals surface area contributed by atoms with Crippen LogP contribution in [0.5, 0.6) is 23.0 Å². The Bertz CT molecular complexity index is 2490. The summed E-state index contributed by atoms with van der Waals surface area (Å²) in [5.74, 6) is 3.00. The van der Waals surface area contributed by atoms with Crippen LogP contribution in [0.4, 0.5) is 0 Å². The number of methoxy groups -OCH3 is 4. The zero-order valence-corrected chi connectivity index (χ0v) is 49.6. The summed E-state index contributed by atoms with van der Waals surface area (Å²) < 4.78 is 38.2. The first-order valence-electron chi connectivity index (χ1n) is 24.1. The molecule has 12 aliphatic rings. The zero-order valence-electron chi connectivity index (χ0n) is 41.6. The average molecular weight is 1310 g/mol. The molecule has 14 atom stereocenters. The number of nitriles is 1. The number of ether oxygens (including phenoxy) is 6. The topological polar surface area (TPSA) is 135 Å². The summed E-state index contributed by atoms with van der Waals surface area (Å²) in [7, 11) is 7.57. The average Bonchev–Trinajstić information content (AvgIpc) is 3.85. The molecule has 11 nitrogen and oxygen atoms in total. The molecule has 0 aromatic heterocycles. The Morgan fingerprint density at radius 3 is 1.63 bits per heavy atom. The van der Waals surface area contributed by atoms with E-state index in [0.29, 0.717) is 22.1 Å². The van der Waals surface area contributed by atoms with Crippen LogP contribution in [0.1, 0.15) is 103 Å². The molecule has 4 heterocycles. The third-order valence-corrected chi connectivity index (χ3v) is 20.4. The Morgan fingerprint density at radius 2 is 1.18 bits per heavy atom. The standard InChI is InChI=1S/C27H34N2O4.C26H35NO4.3HI.V/c1-23(2,3)24(4,30)18-14-25-9-10-27(18,32-6)22-26(25)11-12-29(15-28)19(25)13-16-7-8-17(31-5)21(33-22)20(16)26;1-22(2,3)23(4,28)17-14-24-9-10-26(17,30-6)21-25(24)11-12-27-18(24)13-15-7-8-16(29-5)20(31-21)19(15)25;;;;/h7-10,18-19,22,30H,11-14H2,1-6H3;7-10,17-18,21,27-28H,11-14H2,1-6H3;3*1H;/q;;;;;+2/p-2/t18-,19-,22-,24+,25-,26+,27-;17-,18-,21-,23+,24-,25+,26-;;;;/m11..../s1. The van der Waals surface area contributed by atoms with Crippen molar-refractivity contribution in [3.63, 3.8) is 0 Å². The SMILES string of the molecule is COc1ccc2c3c1O[C@H]1[C@@]4(OC)C=C[C@@]5(C[C@@H]4[C@](C)(O)C(C)(C)C)[C@@H](C2)N(C#N)CC[C@]315.COc1ccc2c3c1O[C@H]1[C@@]4(OC)C=C[C@@]5(C[C@@H]4[C@](C)(O)C(C)(C)C)[C@@H](C2)NCC[C@]315.I.[I][V][I]. The van der Waals surface area contributed by atoms with Gasteiger partial charge in [0.1, 0.15) is 23.4 Å². The zero-order chi connectivity index (χ0) is 48.3. The Labute approximate surface area is 449 Å². The molecule has 2 saturated heterocycles. The molecule has 2 aromatic carbocycles. The minimum atomic E-state index is -1.02. The third-order valence-electron chi connectivity index (χ3n) is 20.4. The predicted molar refractivity (Wildman–Crippen MR) is 285 cm³/mol. The van der Waals surface area contributed by atoms with Gasteiger partial charge < -0.3 is 48.9 Å². The summed E-state index contributed by atoms with van der Waals surface area (Å²) in [5, 5.41) is 38.0. The summed E-state index contributed by atoms with van der Waals surface area (Å²) in [6.07, 6.45) is 16.4. The van der Waals surface area contributed by atoms with Crippen LogP contribution >= 0.6 is 63.9 Å². The fourth-order valence-electron chi connectivity index (χ4n) is 16.3. The molecule has 8 bridgehead atoms. The molecule has 14 rings (SSSR count). The summed E-state index contributed by atoms with van der Waals surface area (Å²) in [6, 6.07) is 8.77. The van der Waals surface area contributed by atoms with Gasteiger partial charge in [-0.2, -0.15) is 5.26 Å². The van der Waals surface area contributed by atoms with Gasteiger partial charge in [0, 0.05) is 60.6 Å². The van der Waals surface area contributed by atoms with Gasteiger partial charge in [-0.05, 0) is 93.0 Å². The molecule has 4 aliphatic heterocycles. The van der Waals surface area contributed by atoms with E-state index in [1.165, 1.54) is 22.3 Å². The summed E-state index contributed by atoms with van der Waals surface area (Å²) >= 11 is 4.74. The van der Waals surface area contributed by atoms with Crippen LogP contribution in [0.3, 0.4) is 0 Å². The Morgan fingerprint density at radius 1 is 0.721 bits per heavy atom. The van der Waals surface area contributed by atoms with Crippen molar-refractivity contribution in [2.45, 2.75) is 151 Å². The van der Waals surface area contributed by atoms with Crippen molar-refractivity contribution >= 4 is 63.9 Å². The molecule has 0 unspecified atom stereocenters. The second-order valence-corrected chi connectivity index (χ2v) is 35.4. The van der Waals surface area contributed by atoms with E-state index >= 15 is 0 Å². The number of benzene rings is 2. The van der Waals surface area contributed by atoms with Gasteiger partial charge in [0.25, 0.3) is 0 Å². The molecular formula is C53H70I3N3O8V. The van der Waals surface area contributed by atoms with Gasteiger partial charge in [0.05, 0.1) is 42.3 Å². The fourth-order valence-corrected chi connectivity index (χ4v) is 16.3. The number of nitrogens with one attached hydrogen (secondary N) is 1. The van der Waals surface area contributed by atoms with Crippen molar-refractivity contribution < 1.29 is 48.1 Å². The second kappa shape index (κ2) is 16.7. The van der Waals surface area contributed by atoms with E-state index in [9.17, 15) is 15.5 Å². The van der Waals surface area contributed by atoms with Gasteiger partial charge in [0.15, 0.2) is 29.2 Å². The third kappa shape index (κ3) is 6.03. The van der Waals surface area contributed by atoms with Crippen LogP contribution in [0.25, 0.3) is 0 Å². The van der Waals surface area contributed by atoms with Crippen LogP contribution in [-0.4, -0.2) is 103 Å².